The van der Waals surface area contributed by atoms with Crippen LogP contribution >= 0.6 is 0 Å². The van der Waals surface area contributed by atoms with Crippen molar-refractivity contribution < 1.29 is 19.1 Å². The first-order chi connectivity index (χ1) is 21.7. The summed E-state index contributed by atoms with van der Waals surface area (Å²) < 4.78 is 5.94. The van der Waals surface area contributed by atoms with Gasteiger partial charge in [-0.15, -0.1) is 0 Å². The number of nitrogens with zero attached hydrogens (tertiary/aromatic N) is 3. The van der Waals surface area contributed by atoms with Gasteiger partial charge in [-0.2, -0.15) is 0 Å². The smallest absolute Gasteiger partial charge is 0.260 e. The van der Waals surface area contributed by atoms with E-state index in [1.165, 1.54) is 4.90 Å². The Bertz CT molecular complexity index is 1640. The fraction of sp³-hybridized carbons (Fsp3) is 0.270. The lowest BCUT2D eigenvalue weighted by molar-refractivity contribution is -0.134. The molecule has 0 bridgehead atoms. The number of aryl methyl sites for hydroxylation is 1. The Morgan fingerprint density at radius 3 is 2.16 bits per heavy atom. The Labute approximate surface area is 265 Å². The summed E-state index contributed by atoms with van der Waals surface area (Å²) in [7, 11) is 5.82. The van der Waals surface area contributed by atoms with Crippen LogP contribution in [-0.4, -0.2) is 74.4 Å². The van der Waals surface area contributed by atoms with Crippen molar-refractivity contribution in [1.82, 2.24) is 9.80 Å². The molecule has 0 saturated carbocycles. The molecule has 8 heteroatoms. The summed E-state index contributed by atoms with van der Waals surface area (Å²) in [5, 5.41) is 2.96. The molecule has 1 saturated heterocycles. The SMILES string of the molecule is Cc1ccc(-c2ccccc2C(=O)Nc2ccc(C(=O)N(C)c3ccccc3OCC(=O)N3CCC(N(C)C)CC3)cc2)cc1. The van der Waals surface area contributed by atoms with Crippen LogP contribution in [0.2, 0.25) is 0 Å². The molecule has 1 aliphatic rings. The first-order valence-corrected chi connectivity index (χ1v) is 15.2. The number of rotatable bonds is 9. The number of para-hydroxylation sites is 2. The molecule has 1 heterocycles. The summed E-state index contributed by atoms with van der Waals surface area (Å²) in [5.74, 6) is -0.0769. The number of piperidine rings is 1. The Kier molecular flexibility index (Phi) is 9.95. The van der Waals surface area contributed by atoms with E-state index in [4.69, 9.17) is 4.74 Å². The van der Waals surface area contributed by atoms with Crippen molar-refractivity contribution in [3.63, 3.8) is 0 Å². The predicted octanol–water partition coefficient (Wildman–Crippen LogP) is 6.12. The number of nitrogens with one attached hydrogen (secondary N) is 1. The number of ether oxygens (including phenoxy) is 1. The van der Waals surface area contributed by atoms with Gasteiger partial charge >= 0.3 is 0 Å². The topological polar surface area (TPSA) is 82.2 Å². The van der Waals surface area contributed by atoms with E-state index in [0.29, 0.717) is 47.4 Å². The highest BCUT2D eigenvalue weighted by atomic mass is 16.5. The number of benzene rings is 4. The summed E-state index contributed by atoms with van der Waals surface area (Å²) in [5.41, 5.74) is 5.12. The molecule has 1 aliphatic heterocycles. The zero-order chi connectivity index (χ0) is 31.9. The maximum absolute atomic E-state index is 13.5. The van der Waals surface area contributed by atoms with Gasteiger partial charge in [0.25, 0.3) is 17.7 Å². The Hall–Kier alpha value is -4.95. The second kappa shape index (κ2) is 14.2. The molecule has 1 fully saturated rings. The minimum atomic E-state index is -0.245. The lowest BCUT2D eigenvalue weighted by Gasteiger charge is -2.35. The van der Waals surface area contributed by atoms with E-state index in [9.17, 15) is 14.4 Å². The van der Waals surface area contributed by atoms with Crippen LogP contribution < -0.4 is 15.0 Å². The van der Waals surface area contributed by atoms with E-state index >= 15 is 0 Å². The minimum Gasteiger partial charge on any atom is -0.482 e. The van der Waals surface area contributed by atoms with Crippen molar-refractivity contribution >= 4 is 29.1 Å². The fourth-order valence-electron chi connectivity index (χ4n) is 5.58. The van der Waals surface area contributed by atoms with E-state index < -0.39 is 0 Å². The van der Waals surface area contributed by atoms with Crippen LogP contribution in [0.1, 0.15) is 39.1 Å². The Morgan fingerprint density at radius 2 is 1.47 bits per heavy atom. The zero-order valence-electron chi connectivity index (χ0n) is 26.3. The highest BCUT2D eigenvalue weighted by Gasteiger charge is 2.25. The van der Waals surface area contributed by atoms with Crippen molar-refractivity contribution in [3.05, 3.63) is 114 Å². The molecule has 8 nitrogen and oxygen atoms in total. The number of hydrogen-bond donors (Lipinski definition) is 1. The second-order valence-corrected chi connectivity index (χ2v) is 11.6. The third kappa shape index (κ3) is 7.59. The molecule has 1 N–H and O–H groups in total. The molecule has 0 spiro atoms. The van der Waals surface area contributed by atoms with Crippen LogP contribution in [0, 0.1) is 6.92 Å². The molecule has 0 radical (unpaired) electrons. The molecule has 0 aromatic heterocycles. The molecular formula is C37H40N4O4. The normalized spacial score (nSPS) is 13.4. The average Bonchev–Trinajstić information content (AvgIpc) is 3.07. The molecule has 0 aliphatic carbocycles. The number of likely N-dealkylation sites (tertiary alicyclic amines) is 1. The van der Waals surface area contributed by atoms with Gasteiger partial charge in [-0.25, -0.2) is 0 Å². The van der Waals surface area contributed by atoms with Crippen LogP contribution in [0.5, 0.6) is 5.75 Å². The first-order valence-electron chi connectivity index (χ1n) is 15.2. The van der Waals surface area contributed by atoms with Gasteiger partial charge in [0.2, 0.25) is 0 Å². The molecule has 232 valence electrons. The van der Waals surface area contributed by atoms with Crippen molar-refractivity contribution in [1.29, 1.82) is 0 Å². The molecule has 45 heavy (non-hydrogen) atoms. The quantitative estimate of drug-likeness (QED) is 0.249. The Morgan fingerprint density at radius 1 is 0.822 bits per heavy atom. The number of carbonyl (C=O) groups excluding carboxylic acids is 3. The van der Waals surface area contributed by atoms with E-state index in [0.717, 1.165) is 29.5 Å². The second-order valence-electron chi connectivity index (χ2n) is 11.6. The monoisotopic (exact) mass is 604 g/mol. The summed E-state index contributed by atoms with van der Waals surface area (Å²) in [6.07, 6.45) is 1.88. The van der Waals surface area contributed by atoms with E-state index in [2.05, 4.69) is 24.3 Å². The summed E-state index contributed by atoms with van der Waals surface area (Å²) in [6.45, 7) is 3.36. The molecule has 0 unspecified atom stereocenters. The standard InChI is InChI=1S/C37H40N4O4/c1-26-13-15-27(16-14-26)31-9-5-6-10-32(31)36(43)38-29-19-17-28(18-20-29)37(44)40(4)33-11-7-8-12-34(33)45-25-35(42)41-23-21-30(22-24-41)39(2)3/h5-20,30H,21-25H2,1-4H3,(H,38,43). The van der Waals surface area contributed by atoms with Gasteiger partial charge in [0.1, 0.15) is 5.75 Å². The molecule has 5 rings (SSSR count). The zero-order valence-corrected chi connectivity index (χ0v) is 26.3. The lowest BCUT2D eigenvalue weighted by Crippen LogP contribution is -2.45. The maximum Gasteiger partial charge on any atom is 0.260 e. The Balaban J connectivity index is 1.21. The summed E-state index contributed by atoms with van der Waals surface area (Å²) >= 11 is 0. The average molecular weight is 605 g/mol. The van der Waals surface area contributed by atoms with Gasteiger partial charge in [0.05, 0.1) is 5.69 Å². The highest BCUT2D eigenvalue weighted by molar-refractivity contribution is 6.09. The van der Waals surface area contributed by atoms with Gasteiger partial charge in [0.15, 0.2) is 6.61 Å². The lowest BCUT2D eigenvalue weighted by atomic mass is 9.98. The predicted molar refractivity (Wildman–Crippen MR) is 179 cm³/mol. The third-order valence-corrected chi connectivity index (χ3v) is 8.35. The third-order valence-electron chi connectivity index (χ3n) is 8.35. The highest BCUT2D eigenvalue weighted by Crippen LogP contribution is 2.29. The van der Waals surface area contributed by atoms with Crippen molar-refractivity contribution in [2.24, 2.45) is 0 Å². The number of anilines is 2. The fourth-order valence-corrected chi connectivity index (χ4v) is 5.58. The van der Waals surface area contributed by atoms with E-state index in [1.807, 2.05) is 66.4 Å². The van der Waals surface area contributed by atoms with Crippen molar-refractivity contribution in [3.8, 4) is 16.9 Å². The number of carbonyl (C=O) groups is 3. The van der Waals surface area contributed by atoms with Crippen LogP contribution in [0.25, 0.3) is 11.1 Å². The van der Waals surface area contributed by atoms with Crippen LogP contribution in [-0.2, 0) is 4.79 Å². The van der Waals surface area contributed by atoms with Crippen LogP contribution in [0.15, 0.2) is 97.1 Å². The summed E-state index contributed by atoms with van der Waals surface area (Å²) in [6, 6.07) is 30.0. The van der Waals surface area contributed by atoms with Gasteiger partial charge in [-0.1, -0.05) is 60.2 Å². The molecular weight excluding hydrogens is 564 g/mol. The van der Waals surface area contributed by atoms with Gasteiger partial charge in [-0.3, -0.25) is 14.4 Å². The molecule has 3 amide bonds. The van der Waals surface area contributed by atoms with Crippen molar-refractivity contribution in [2.45, 2.75) is 25.8 Å². The van der Waals surface area contributed by atoms with Gasteiger partial charge in [-0.05, 0) is 87.5 Å². The molecule has 4 aromatic rings. The first kappa shape index (κ1) is 31.5. The minimum absolute atomic E-state index is 0.0601. The number of amides is 3. The van der Waals surface area contributed by atoms with Gasteiger partial charge in [0, 0.05) is 43.0 Å². The number of hydrogen-bond acceptors (Lipinski definition) is 5. The molecule has 4 aromatic carbocycles. The van der Waals surface area contributed by atoms with E-state index in [1.54, 1.807) is 49.5 Å². The van der Waals surface area contributed by atoms with Gasteiger partial charge < -0.3 is 24.8 Å². The largest absolute Gasteiger partial charge is 0.482 e. The maximum atomic E-state index is 13.5. The molecule has 0 atom stereocenters. The van der Waals surface area contributed by atoms with Crippen LogP contribution in [0.3, 0.4) is 0 Å². The van der Waals surface area contributed by atoms with Crippen LogP contribution in [0.4, 0.5) is 11.4 Å². The van der Waals surface area contributed by atoms with E-state index in [-0.39, 0.29) is 24.3 Å². The summed E-state index contributed by atoms with van der Waals surface area (Å²) in [4.78, 5) is 45.1. The van der Waals surface area contributed by atoms with Crippen molar-refractivity contribution in [2.75, 3.05) is 51.1 Å².